The van der Waals surface area contributed by atoms with Gasteiger partial charge in [0, 0.05) is 34.0 Å². The molecular weight excluding hydrogens is 182 g/mol. The fourth-order valence-corrected chi connectivity index (χ4v) is 1.15. The lowest BCUT2D eigenvalue weighted by atomic mass is 10.4. The monoisotopic (exact) mass is 197 g/mol. The van der Waals surface area contributed by atoms with Crippen LogP contribution in [0.2, 0.25) is 0 Å². The second-order valence-corrected chi connectivity index (χ2v) is 2.98. The Morgan fingerprint density at radius 3 is 2.71 bits per heavy atom. The van der Waals surface area contributed by atoms with E-state index >= 15 is 0 Å². The minimum absolute atomic E-state index is 0.0268. The Bertz CT molecular complexity index is 320. The van der Waals surface area contributed by atoms with Crippen LogP contribution < -0.4 is 10.6 Å². The first-order valence-corrected chi connectivity index (χ1v) is 4.45. The summed E-state index contributed by atoms with van der Waals surface area (Å²) < 4.78 is 1.86. The Balaban J connectivity index is 2.50. The van der Waals surface area contributed by atoms with Gasteiger partial charge in [-0.3, -0.25) is 4.79 Å². The van der Waals surface area contributed by atoms with E-state index in [1.165, 1.54) is 6.92 Å². The summed E-state index contributed by atoms with van der Waals surface area (Å²) in [5.74, 6) is 1.55. The van der Waals surface area contributed by atoms with Crippen molar-refractivity contribution in [2.75, 3.05) is 18.9 Å². The van der Waals surface area contributed by atoms with Crippen molar-refractivity contribution in [2.45, 2.75) is 13.3 Å². The highest BCUT2D eigenvalue weighted by Crippen LogP contribution is 2.03. The number of anilines is 1. The molecule has 0 aliphatic rings. The molecule has 6 nitrogen and oxygen atoms in total. The van der Waals surface area contributed by atoms with Gasteiger partial charge in [0.15, 0.2) is 0 Å². The fourth-order valence-electron chi connectivity index (χ4n) is 1.15. The van der Waals surface area contributed by atoms with Crippen LogP contribution in [0.4, 0.5) is 5.95 Å². The normalized spacial score (nSPS) is 9.93. The molecule has 0 spiro atoms. The minimum Gasteiger partial charge on any atom is -0.357 e. The number of nitrogens with one attached hydrogen (secondary N) is 2. The van der Waals surface area contributed by atoms with Crippen molar-refractivity contribution in [1.29, 1.82) is 0 Å². The standard InChI is InChI=1S/C8H15N5O/c1-6(14)10-5-4-7-11-12-8(9-2)13(7)3/h4-5H2,1-3H3,(H,9,12)(H,10,14). The SMILES string of the molecule is CNc1nnc(CCNC(C)=O)n1C. The topological polar surface area (TPSA) is 71.8 Å². The maximum Gasteiger partial charge on any atom is 0.224 e. The number of hydrogen-bond acceptors (Lipinski definition) is 4. The summed E-state index contributed by atoms with van der Waals surface area (Å²) in [6.07, 6.45) is 0.685. The molecule has 14 heavy (non-hydrogen) atoms. The largest absolute Gasteiger partial charge is 0.357 e. The zero-order chi connectivity index (χ0) is 10.6. The summed E-state index contributed by atoms with van der Waals surface area (Å²) in [7, 11) is 3.68. The van der Waals surface area contributed by atoms with Crippen molar-refractivity contribution in [3.8, 4) is 0 Å². The molecule has 1 heterocycles. The molecule has 0 radical (unpaired) electrons. The van der Waals surface area contributed by atoms with Gasteiger partial charge in [-0.2, -0.15) is 0 Å². The summed E-state index contributed by atoms with van der Waals surface area (Å²) in [5, 5.41) is 13.5. The number of carbonyl (C=O) groups excluding carboxylic acids is 1. The van der Waals surface area contributed by atoms with E-state index in [0.717, 1.165) is 11.8 Å². The van der Waals surface area contributed by atoms with Crippen LogP contribution in [-0.2, 0) is 18.3 Å². The molecule has 1 aromatic rings. The highest BCUT2D eigenvalue weighted by molar-refractivity contribution is 5.72. The average Bonchev–Trinajstić information content (AvgIpc) is 2.47. The van der Waals surface area contributed by atoms with Crippen LogP contribution in [0.25, 0.3) is 0 Å². The van der Waals surface area contributed by atoms with Crippen LogP contribution in [0.5, 0.6) is 0 Å². The first-order valence-electron chi connectivity index (χ1n) is 4.45. The zero-order valence-corrected chi connectivity index (χ0v) is 8.66. The molecule has 0 bridgehead atoms. The van der Waals surface area contributed by atoms with Crippen LogP contribution in [0.1, 0.15) is 12.7 Å². The van der Waals surface area contributed by atoms with Gasteiger partial charge in [-0.25, -0.2) is 0 Å². The summed E-state index contributed by atoms with van der Waals surface area (Å²) >= 11 is 0. The zero-order valence-electron chi connectivity index (χ0n) is 8.66. The molecule has 0 aromatic carbocycles. The lowest BCUT2D eigenvalue weighted by molar-refractivity contribution is -0.118. The van der Waals surface area contributed by atoms with E-state index in [1.807, 2.05) is 11.6 Å². The molecule has 0 aliphatic heterocycles. The van der Waals surface area contributed by atoms with Crippen LogP contribution in [0.3, 0.4) is 0 Å². The molecule has 0 saturated carbocycles. The van der Waals surface area contributed by atoms with Gasteiger partial charge < -0.3 is 15.2 Å². The van der Waals surface area contributed by atoms with E-state index in [-0.39, 0.29) is 5.91 Å². The number of aromatic nitrogens is 3. The fraction of sp³-hybridized carbons (Fsp3) is 0.625. The molecule has 6 heteroatoms. The molecule has 0 fully saturated rings. The average molecular weight is 197 g/mol. The molecule has 1 rings (SSSR count). The van der Waals surface area contributed by atoms with Gasteiger partial charge in [0.1, 0.15) is 5.82 Å². The highest BCUT2D eigenvalue weighted by Gasteiger charge is 2.05. The van der Waals surface area contributed by atoms with Gasteiger partial charge in [0.05, 0.1) is 0 Å². The Kier molecular flexibility index (Phi) is 3.44. The van der Waals surface area contributed by atoms with E-state index in [4.69, 9.17) is 0 Å². The van der Waals surface area contributed by atoms with Gasteiger partial charge in [-0.15, -0.1) is 10.2 Å². The number of amides is 1. The van der Waals surface area contributed by atoms with E-state index in [0.29, 0.717) is 13.0 Å². The second-order valence-electron chi connectivity index (χ2n) is 2.98. The Morgan fingerprint density at radius 1 is 1.50 bits per heavy atom. The second kappa shape index (κ2) is 4.59. The van der Waals surface area contributed by atoms with Crippen LogP contribution in [0, 0.1) is 0 Å². The Hall–Kier alpha value is -1.59. The van der Waals surface area contributed by atoms with E-state index in [9.17, 15) is 4.79 Å². The van der Waals surface area contributed by atoms with Crippen molar-refractivity contribution in [3.05, 3.63) is 5.82 Å². The van der Waals surface area contributed by atoms with Crippen molar-refractivity contribution < 1.29 is 4.79 Å². The highest BCUT2D eigenvalue weighted by atomic mass is 16.1. The molecule has 1 amide bonds. The smallest absolute Gasteiger partial charge is 0.224 e. The molecule has 0 saturated heterocycles. The molecule has 78 valence electrons. The van der Waals surface area contributed by atoms with Gasteiger partial charge in [-0.05, 0) is 0 Å². The van der Waals surface area contributed by atoms with E-state index < -0.39 is 0 Å². The van der Waals surface area contributed by atoms with Crippen molar-refractivity contribution >= 4 is 11.9 Å². The predicted molar refractivity (Wildman–Crippen MR) is 52.9 cm³/mol. The number of carbonyl (C=O) groups is 1. The number of rotatable bonds is 4. The van der Waals surface area contributed by atoms with Gasteiger partial charge in [0.25, 0.3) is 0 Å². The van der Waals surface area contributed by atoms with Gasteiger partial charge in [0.2, 0.25) is 11.9 Å². The summed E-state index contributed by atoms with van der Waals surface area (Å²) in [6, 6.07) is 0. The molecule has 0 unspecified atom stereocenters. The van der Waals surface area contributed by atoms with Crippen molar-refractivity contribution in [2.24, 2.45) is 7.05 Å². The molecule has 0 atom stereocenters. The van der Waals surface area contributed by atoms with Crippen LogP contribution in [-0.4, -0.2) is 34.3 Å². The quantitative estimate of drug-likeness (QED) is 0.685. The van der Waals surface area contributed by atoms with Crippen LogP contribution >= 0.6 is 0 Å². The van der Waals surface area contributed by atoms with Crippen LogP contribution in [0.15, 0.2) is 0 Å². The Labute approximate surface area is 82.7 Å². The lowest BCUT2D eigenvalue weighted by Gasteiger charge is -2.03. The molecule has 1 aromatic heterocycles. The lowest BCUT2D eigenvalue weighted by Crippen LogP contribution is -2.23. The molecule has 0 aliphatic carbocycles. The first kappa shape index (κ1) is 10.5. The number of hydrogen-bond donors (Lipinski definition) is 2. The van der Waals surface area contributed by atoms with Gasteiger partial charge in [-0.1, -0.05) is 0 Å². The third kappa shape index (κ3) is 2.45. The minimum atomic E-state index is -0.0268. The maximum atomic E-state index is 10.6. The van der Waals surface area contributed by atoms with Crippen molar-refractivity contribution in [1.82, 2.24) is 20.1 Å². The summed E-state index contributed by atoms with van der Waals surface area (Å²) in [5.41, 5.74) is 0. The van der Waals surface area contributed by atoms with E-state index in [1.54, 1.807) is 7.05 Å². The third-order valence-corrected chi connectivity index (χ3v) is 1.91. The summed E-state index contributed by atoms with van der Waals surface area (Å²) in [4.78, 5) is 10.6. The molecule has 2 N–H and O–H groups in total. The maximum absolute atomic E-state index is 10.6. The summed E-state index contributed by atoms with van der Waals surface area (Å²) in [6.45, 7) is 2.08. The van der Waals surface area contributed by atoms with Gasteiger partial charge >= 0.3 is 0 Å². The van der Waals surface area contributed by atoms with E-state index in [2.05, 4.69) is 20.8 Å². The predicted octanol–water partition coefficient (Wildman–Crippen LogP) is -0.465. The van der Waals surface area contributed by atoms with Crippen molar-refractivity contribution in [3.63, 3.8) is 0 Å². The molecular formula is C8H15N5O. The first-order chi connectivity index (χ1) is 6.65. The third-order valence-electron chi connectivity index (χ3n) is 1.91. The number of nitrogens with zero attached hydrogens (tertiary/aromatic N) is 3. The Morgan fingerprint density at radius 2 is 2.21 bits per heavy atom.